The second kappa shape index (κ2) is 3.86. The zero-order valence-electron chi connectivity index (χ0n) is 8.27. The summed E-state index contributed by atoms with van der Waals surface area (Å²) in [6, 6.07) is 5.17. The molecular formula is C10H13N3O2. The van der Waals surface area contributed by atoms with Crippen LogP contribution in [0.5, 0.6) is 0 Å². The minimum atomic E-state index is -0.381. The summed E-state index contributed by atoms with van der Waals surface area (Å²) in [7, 11) is 0. The highest BCUT2D eigenvalue weighted by molar-refractivity contribution is 5.59. The Morgan fingerprint density at radius 3 is 3.07 bits per heavy atom. The predicted molar refractivity (Wildman–Crippen MR) is 57.9 cm³/mol. The second-order valence-electron chi connectivity index (χ2n) is 3.71. The fourth-order valence-corrected chi connectivity index (χ4v) is 1.83. The normalized spacial score (nSPS) is 19.1. The molecule has 0 radical (unpaired) electrons. The second-order valence-corrected chi connectivity index (χ2v) is 3.71. The van der Waals surface area contributed by atoms with Crippen molar-refractivity contribution in [2.24, 2.45) is 5.73 Å². The molecule has 15 heavy (non-hydrogen) atoms. The van der Waals surface area contributed by atoms with Gasteiger partial charge in [0.1, 0.15) is 0 Å². The quantitative estimate of drug-likeness (QED) is 0.565. The molecule has 3 N–H and O–H groups in total. The number of aryl methyl sites for hydroxylation is 1. The van der Waals surface area contributed by atoms with Gasteiger partial charge in [-0.1, -0.05) is 6.07 Å². The lowest BCUT2D eigenvalue weighted by molar-refractivity contribution is -0.384. The number of nitro benzene ring substituents is 1. The van der Waals surface area contributed by atoms with Gasteiger partial charge in [-0.15, -0.1) is 0 Å². The van der Waals surface area contributed by atoms with E-state index in [1.165, 1.54) is 0 Å². The van der Waals surface area contributed by atoms with Crippen molar-refractivity contribution in [3.63, 3.8) is 0 Å². The van der Waals surface area contributed by atoms with Gasteiger partial charge < -0.3 is 11.1 Å². The Morgan fingerprint density at radius 2 is 2.40 bits per heavy atom. The van der Waals surface area contributed by atoms with E-state index < -0.39 is 0 Å². The largest absolute Gasteiger partial charge is 0.381 e. The fraction of sp³-hybridized carbons (Fsp3) is 0.400. The molecule has 0 amide bonds. The van der Waals surface area contributed by atoms with Gasteiger partial charge in [-0.05, 0) is 18.4 Å². The van der Waals surface area contributed by atoms with E-state index in [0.717, 1.165) is 24.1 Å². The predicted octanol–water partition coefficient (Wildman–Crippen LogP) is 1.28. The van der Waals surface area contributed by atoms with Crippen molar-refractivity contribution in [2.75, 3.05) is 11.9 Å². The highest BCUT2D eigenvalue weighted by atomic mass is 16.6. The number of nitrogens with zero attached hydrogens (tertiary/aromatic N) is 1. The van der Waals surface area contributed by atoms with Crippen molar-refractivity contribution in [1.29, 1.82) is 0 Å². The molecule has 0 spiro atoms. The van der Waals surface area contributed by atoms with E-state index in [2.05, 4.69) is 5.32 Å². The van der Waals surface area contributed by atoms with Gasteiger partial charge in [-0.3, -0.25) is 10.1 Å². The van der Waals surface area contributed by atoms with Crippen LogP contribution in [0, 0.1) is 10.1 Å². The molecule has 80 valence electrons. The summed E-state index contributed by atoms with van der Waals surface area (Å²) in [6.07, 6.45) is 1.92. The number of fused-ring (bicyclic) bond motifs is 1. The molecule has 0 bridgehead atoms. The summed E-state index contributed by atoms with van der Waals surface area (Å²) in [6.45, 7) is 0.558. The van der Waals surface area contributed by atoms with Crippen LogP contribution in [-0.4, -0.2) is 17.5 Å². The van der Waals surface area contributed by atoms with Crippen LogP contribution >= 0.6 is 0 Å². The number of nitro groups is 1. The number of hydrogen-bond donors (Lipinski definition) is 2. The molecule has 0 aromatic heterocycles. The first kappa shape index (κ1) is 9.92. The van der Waals surface area contributed by atoms with E-state index in [0.29, 0.717) is 6.54 Å². The number of nitrogens with one attached hydrogen (secondary N) is 1. The number of anilines is 1. The van der Waals surface area contributed by atoms with E-state index >= 15 is 0 Å². The standard InChI is InChI=1S/C10H13N3O2/c11-6-8-3-1-7-2-4-9(13(14)15)5-10(7)12-8/h2,4-5,8,12H,1,3,6,11H2. The molecule has 0 saturated heterocycles. The third-order valence-electron chi connectivity index (χ3n) is 2.71. The lowest BCUT2D eigenvalue weighted by Gasteiger charge is -2.25. The third-order valence-corrected chi connectivity index (χ3v) is 2.71. The third kappa shape index (κ3) is 1.92. The Labute approximate surface area is 87.4 Å². The Morgan fingerprint density at radius 1 is 1.60 bits per heavy atom. The Kier molecular flexibility index (Phi) is 2.55. The monoisotopic (exact) mass is 207 g/mol. The van der Waals surface area contributed by atoms with Gasteiger partial charge in [0.15, 0.2) is 0 Å². The van der Waals surface area contributed by atoms with Crippen LogP contribution in [0.4, 0.5) is 11.4 Å². The van der Waals surface area contributed by atoms with Gasteiger partial charge in [-0.25, -0.2) is 0 Å². The van der Waals surface area contributed by atoms with Gasteiger partial charge in [0.05, 0.1) is 4.92 Å². The summed E-state index contributed by atoms with van der Waals surface area (Å²) in [4.78, 5) is 10.2. The summed E-state index contributed by atoms with van der Waals surface area (Å²) in [5, 5.41) is 13.8. The Bertz CT molecular complexity index is 392. The van der Waals surface area contributed by atoms with E-state index in [9.17, 15) is 10.1 Å². The number of rotatable bonds is 2. The van der Waals surface area contributed by atoms with Crippen LogP contribution in [0.2, 0.25) is 0 Å². The number of hydrogen-bond acceptors (Lipinski definition) is 4. The van der Waals surface area contributed by atoms with E-state index in [-0.39, 0.29) is 16.7 Å². The van der Waals surface area contributed by atoms with E-state index in [1.807, 2.05) is 6.07 Å². The van der Waals surface area contributed by atoms with Crippen molar-refractivity contribution >= 4 is 11.4 Å². The summed E-state index contributed by atoms with van der Waals surface area (Å²) < 4.78 is 0. The molecule has 0 aliphatic carbocycles. The van der Waals surface area contributed by atoms with Crippen LogP contribution in [0.15, 0.2) is 18.2 Å². The minimum Gasteiger partial charge on any atom is -0.381 e. The zero-order valence-corrected chi connectivity index (χ0v) is 8.27. The fourth-order valence-electron chi connectivity index (χ4n) is 1.83. The topological polar surface area (TPSA) is 81.2 Å². The SMILES string of the molecule is NCC1CCc2ccc([N+](=O)[O-])cc2N1. The number of nitrogens with two attached hydrogens (primary N) is 1. The van der Waals surface area contributed by atoms with Crippen molar-refractivity contribution in [1.82, 2.24) is 0 Å². The van der Waals surface area contributed by atoms with E-state index in [4.69, 9.17) is 5.73 Å². The molecule has 2 rings (SSSR count). The highest BCUT2D eigenvalue weighted by Gasteiger charge is 2.18. The van der Waals surface area contributed by atoms with Crippen molar-refractivity contribution < 1.29 is 4.92 Å². The molecule has 1 heterocycles. The maximum absolute atomic E-state index is 10.6. The zero-order chi connectivity index (χ0) is 10.8. The lowest BCUT2D eigenvalue weighted by atomic mass is 9.98. The molecular weight excluding hydrogens is 194 g/mol. The van der Waals surface area contributed by atoms with Crippen LogP contribution < -0.4 is 11.1 Å². The average Bonchev–Trinajstić information content (AvgIpc) is 2.27. The molecule has 0 fully saturated rings. The first-order valence-corrected chi connectivity index (χ1v) is 4.94. The lowest BCUT2D eigenvalue weighted by Crippen LogP contribution is -2.32. The van der Waals surface area contributed by atoms with Gasteiger partial charge in [0, 0.05) is 30.4 Å². The molecule has 5 nitrogen and oxygen atoms in total. The number of benzene rings is 1. The van der Waals surface area contributed by atoms with Gasteiger partial charge >= 0.3 is 0 Å². The summed E-state index contributed by atoms with van der Waals surface area (Å²) in [5.41, 5.74) is 7.67. The van der Waals surface area contributed by atoms with Crippen molar-refractivity contribution in [2.45, 2.75) is 18.9 Å². The first-order valence-electron chi connectivity index (χ1n) is 4.94. The molecule has 5 heteroatoms. The van der Waals surface area contributed by atoms with Gasteiger partial charge in [-0.2, -0.15) is 0 Å². The smallest absolute Gasteiger partial charge is 0.271 e. The maximum atomic E-state index is 10.6. The van der Waals surface area contributed by atoms with Crippen LogP contribution in [-0.2, 0) is 6.42 Å². The molecule has 1 aliphatic heterocycles. The molecule has 1 atom stereocenters. The van der Waals surface area contributed by atoms with Gasteiger partial charge in [0.25, 0.3) is 5.69 Å². The Balaban J connectivity index is 2.30. The van der Waals surface area contributed by atoms with Crippen LogP contribution in [0.1, 0.15) is 12.0 Å². The van der Waals surface area contributed by atoms with Crippen LogP contribution in [0.3, 0.4) is 0 Å². The minimum absolute atomic E-state index is 0.124. The highest BCUT2D eigenvalue weighted by Crippen LogP contribution is 2.28. The van der Waals surface area contributed by atoms with Crippen LogP contribution in [0.25, 0.3) is 0 Å². The average molecular weight is 207 g/mol. The van der Waals surface area contributed by atoms with Crippen molar-refractivity contribution in [3.8, 4) is 0 Å². The first-order chi connectivity index (χ1) is 7.20. The maximum Gasteiger partial charge on any atom is 0.271 e. The molecule has 1 aromatic carbocycles. The molecule has 1 aromatic rings. The summed E-state index contributed by atoms with van der Waals surface area (Å²) in [5.74, 6) is 0. The molecule has 0 saturated carbocycles. The van der Waals surface area contributed by atoms with Gasteiger partial charge in [0.2, 0.25) is 0 Å². The molecule has 1 aliphatic rings. The van der Waals surface area contributed by atoms with Crippen molar-refractivity contribution in [3.05, 3.63) is 33.9 Å². The Hall–Kier alpha value is -1.62. The number of non-ortho nitro benzene ring substituents is 1. The molecule has 1 unspecified atom stereocenters. The van der Waals surface area contributed by atoms with E-state index in [1.54, 1.807) is 12.1 Å². The summed E-state index contributed by atoms with van der Waals surface area (Å²) >= 11 is 0.